The van der Waals surface area contributed by atoms with Gasteiger partial charge in [0.05, 0.1) is 20.3 Å². The van der Waals surface area contributed by atoms with Crippen molar-refractivity contribution in [3.63, 3.8) is 0 Å². The minimum Gasteiger partial charge on any atom is -0.467 e. The maximum Gasteiger partial charge on any atom is 0.331 e. The Kier molecular flexibility index (Phi) is 3.96. The zero-order valence-electron chi connectivity index (χ0n) is 8.11. The van der Waals surface area contributed by atoms with Gasteiger partial charge in [-0.15, -0.1) is 0 Å². The van der Waals surface area contributed by atoms with Crippen molar-refractivity contribution in [1.29, 1.82) is 0 Å². The first-order valence-corrected chi connectivity index (χ1v) is 4.32. The molecule has 5 nitrogen and oxygen atoms in total. The number of morpholine rings is 1. The standard InChI is InChI=1S/C8H11F2NO4/c1-14-8(13)5-4-15-3-2-11(5)7(12)6(9)10/h5-6H,2-4H2,1H3. The number of alkyl halides is 2. The van der Waals surface area contributed by atoms with Gasteiger partial charge in [-0.25, -0.2) is 4.79 Å². The maximum absolute atomic E-state index is 12.2. The molecule has 1 unspecified atom stereocenters. The molecule has 1 aliphatic heterocycles. The Hall–Kier alpha value is -1.24. The van der Waals surface area contributed by atoms with Gasteiger partial charge < -0.3 is 14.4 Å². The number of esters is 1. The van der Waals surface area contributed by atoms with E-state index in [4.69, 9.17) is 4.74 Å². The summed E-state index contributed by atoms with van der Waals surface area (Å²) in [7, 11) is 1.13. The summed E-state index contributed by atoms with van der Waals surface area (Å²) < 4.78 is 33.7. The van der Waals surface area contributed by atoms with E-state index in [-0.39, 0.29) is 19.8 Å². The summed E-state index contributed by atoms with van der Waals surface area (Å²) in [6.45, 7) is 0.0139. The lowest BCUT2D eigenvalue weighted by atomic mass is 10.2. The van der Waals surface area contributed by atoms with Crippen LogP contribution in [0.1, 0.15) is 0 Å². The van der Waals surface area contributed by atoms with Crippen LogP contribution in [0.15, 0.2) is 0 Å². The predicted molar refractivity (Wildman–Crippen MR) is 44.3 cm³/mol. The fourth-order valence-electron chi connectivity index (χ4n) is 1.32. The Morgan fingerprint density at radius 1 is 1.53 bits per heavy atom. The number of rotatable bonds is 2. The molecule has 0 spiro atoms. The van der Waals surface area contributed by atoms with Crippen molar-refractivity contribution in [1.82, 2.24) is 4.90 Å². The highest BCUT2D eigenvalue weighted by Gasteiger charge is 2.36. The summed E-state index contributed by atoms with van der Waals surface area (Å²) >= 11 is 0. The Morgan fingerprint density at radius 3 is 2.73 bits per heavy atom. The molecule has 0 aliphatic carbocycles. The van der Waals surface area contributed by atoms with Gasteiger partial charge in [-0.1, -0.05) is 0 Å². The van der Waals surface area contributed by atoms with Crippen molar-refractivity contribution in [3.8, 4) is 0 Å². The topological polar surface area (TPSA) is 55.8 Å². The van der Waals surface area contributed by atoms with Gasteiger partial charge in [0.2, 0.25) is 0 Å². The van der Waals surface area contributed by atoms with Crippen molar-refractivity contribution in [2.24, 2.45) is 0 Å². The minimum atomic E-state index is -3.12. The molecule has 0 radical (unpaired) electrons. The van der Waals surface area contributed by atoms with Crippen molar-refractivity contribution >= 4 is 11.9 Å². The van der Waals surface area contributed by atoms with E-state index in [2.05, 4.69) is 4.74 Å². The molecule has 1 fully saturated rings. The lowest BCUT2D eigenvalue weighted by Gasteiger charge is -2.33. The Morgan fingerprint density at radius 2 is 2.20 bits per heavy atom. The van der Waals surface area contributed by atoms with E-state index in [0.29, 0.717) is 0 Å². The Bertz CT molecular complexity index is 259. The second-order valence-corrected chi connectivity index (χ2v) is 2.95. The van der Waals surface area contributed by atoms with Crippen LogP contribution in [-0.2, 0) is 19.1 Å². The van der Waals surface area contributed by atoms with Gasteiger partial charge >= 0.3 is 12.4 Å². The lowest BCUT2D eigenvalue weighted by molar-refractivity contribution is -0.165. The fourth-order valence-corrected chi connectivity index (χ4v) is 1.32. The largest absolute Gasteiger partial charge is 0.467 e. The van der Waals surface area contributed by atoms with E-state index < -0.39 is 24.3 Å². The van der Waals surface area contributed by atoms with E-state index in [0.717, 1.165) is 12.0 Å². The number of hydrogen-bond donors (Lipinski definition) is 0. The third kappa shape index (κ3) is 2.62. The molecule has 0 N–H and O–H groups in total. The quantitative estimate of drug-likeness (QED) is 0.600. The number of hydrogen-bond acceptors (Lipinski definition) is 4. The van der Waals surface area contributed by atoms with Crippen LogP contribution in [0.25, 0.3) is 0 Å². The average molecular weight is 223 g/mol. The molecule has 1 rings (SSSR count). The Labute approximate surface area is 84.9 Å². The molecular weight excluding hydrogens is 212 g/mol. The average Bonchev–Trinajstić information content (AvgIpc) is 2.27. The molecule has 0 bridgehead atoms. The number of methoxy groups -OCH3 is 1. The third-order valence-electron chi connectivity index (χ3n) is 2.07. The van der Waals surface area contributed by atoms with Gasteiger partial charge in [0.15, 0.2) is 6.04 Å². The predicted octanol–water partition coefficient (Wildman–Crippen LogP) is -0.348. The van der Waals surface area contributed by atoms with Crippen molar-refractivity contribution < 1.29 is 27.8 Å². The van der Waals surface area contributed by atoms with E-state index in [1.807, 2.05) is 0 Å². The van der Waals surface area contributed by atoms with Crippen LogP contribution < -0.4 is 0 Å². The van der Waals surface area contributed by atoms with Gasteiger partial charge in [-0.05, 0) is 0 Å². The van der Waals surface area contributed by atoms with Crippen LogP contribution in [0.5, 0.6) is 0 Å². The maximum atomic E-state index is 12.2. The molecular formula is C8H11F2NO4. The normalized spacial score (nSPS) is 21.6. The second-order valence-electron chi connectivity index (χ2n) is 2.95. The first-order chi connectivity index (χ1) is 7.07. The summed E-state index contributed by atoms with van der Waals surface area (Å²) in [5, 5.41) is 0. The monoisotopic (exact) mass is 223 g/mol. The highest BCUT2D eigenvalue weighted by Crippen LogP contribution is 2.12. The van der Waals surface area contributed by atoms with E-state index in [9.17, 15) is 18.4 Å². The molecule has 1 amide bonds. The van der Waals surface area contributed by atoms with Crippen molar-refractivity contribution in [3.05, 3.63) is 0 Å². The van der Waals surface area contributed by atoms with Gasteiger partial charge in [-0.3, -0.25) is 4.79 Å². The first kappa shape index (κ1) is 11.8. The second kappa shape index (κ2) is 5.01. The van der Waals surface area contributed by atoms with Gasteiger partial charge in [0, 0.05) is 6.54 Å². The van der Waals surface area contributed by atoms with Crippen LogP contribution in [-0.4, -0.2) is 56.1 Å². The zero-order valence-corrected chi connectivity index (χ0v) is 8.11. The number of carbonyl (C=O) groups is 2. The molecule has 0 saturated carbocycles. The van der Waals surface area contributed by atoms with E-state index in [1.165, 1.54) is 0 Å². The number of halogens is 2. The van der Waals surface area contributed by atoms with Crippen LogP contribution in [0.2, 0.25) is 0 Å². The Balaban J connectivity index is 2.73. The number of amides is 1. The number of carbonyl (C=O) groups excluding carboxylic acids is 2. The van der Waals surface area contributed by atoms with Crippen molar-refractivity contribution in [2.75, 3.05) is 26.9 Å². The number of ether oxygens (including phenoxy) is 2. The molecule has 7 heteroatoms. The third-order valence-corrected chi connectivity index (χ3v) is 2.07. The molecule has 1 atom stereocenters. The number of nitrogens with zero attached hydrogens (tertiary/aromatic N) is 1. The van der Waals surface area contributed by atoms with Crippen LogP contribution in [0.4, 0.5) is 8.78 Å². The fraction of sp³-hybridized carbons (Fsp3) is 0.750. The lowest BCUT2D eigenvalue weighted by Crippen LogP contribution is -2.54. The molecule has 0 aromatic heterocycles. The van der Waals surface area contributed by atoms with Gasteiger partial charge in [-0.2, -0.15) is 8.78 Å². The molecule has 1 saturated heterocycles. The molecule has 15 heavy (non-hydrogen) atoms. The van der Waals surface area contributed by atoms with Crippen LogP contribution in [0, 0.1) is 0 Å². The highest BCUT2D eigenvalue weighted by molar-refractivity contribution is 5.86. The van der Waals surface area contributed by atoms with Gasteiger partial charge in [0.25, 0.3) is 5.91 Å². The summed E-state index contributed by atoms with van der Waals surface area (Å²) in [6.07, 6.45) is -3.12. The van der Waals surface area contributed by atoms with Crippen molar-refractivity contribution in [2.45, 2.75) is 12.5 Å². The summed E-state index contributed by atoms with van der Waals surface area (Å²) in [5.74, 6) is -2.11. The molecule has 0 aromatic rings. The molecule has 1 aliphatic rings. The molecule has 86 valence electrons. The van der Waals surface area contributed by atoms with Crippen LogP contribution in [0.3, 0.4) is 0 Å². The molecule has 0 aromatic carbocycles. The highest BCUT2D eigenvalue weighted by atomic mass is 19.3. The van der Waals surface area contributed by atoms with E-state index >= 15 is 0 Å². The summed E-state index contributed by atoms with van der Waals surface area (Å²) in [4.78, 5) is 23.0. The SMILES string of the molecule is COC(=O)C1COCCN1C(=O)C(F)F. The summed E-state index contributed by atoms with van der Waals surface area (Å²) in [6, 6.07) is -1.06. The molecule has 1 heterocycles. The zero-order chi connectivity index (χ0) is 11.4. The first-order valence-electron chi connectivity index (χ1n) is 4.32. The van der Waals surface area contributed by atoms with Gasteiger partial charge in [0.1, 0.15) is 0 Å². The van der Waals surface area contributed by atoms with E-state index in [1.54, 1.807) is 0 Å². The van der Waals surface area contributed by atoms with Crippen LogP contribution >= 0.6 is 0 Å². The summed E-state index contributed by atoms with van der Waals surface area (Å²) in [5.41, 5.74) is 0. The smallest absolute Gasteiger partial charge is 0.331 e. The minimum absolute atomic E-state index is 0.0249.